The van der Waals surface area contributed by atoms with Crippen molar-refractivity contribution in [2.24, 2.45) is 0 Å². The van der Waals surface area contributed by atoms with Gasteiger partial charge in [0.2, 0.25) is 17.7 Å². The van der Waals surface area contributed by atoms with Crippen molar-refractivity contribution in [2.75, 3.05) is 26.3 Å². The standard InChI is InChI=1S/C18H30N4O3/c1-13(2)15-20-21-16(25-15)14(3)19-17(23)18(7-5-4-6-8-18)22-9-11-24-12-10-22/h13-14H,4-12H2,1-3H3,(H,19,23). The number of ether oxygens (including phenoxy) is 1. The Hall–Kier alpha value is -1.47. The molecule has 1 aliphatic carbocycles. The molecule has 1 aliphatic heterocycles. The second-order valence-electron chi connectivity index (χ2n) is 7.52. The maximum Gasteiger partial charge on any atom is 0.241 e. The van der Waals surface area contributed by atoms with E-state index in [1.165, 1.54) is 6.42 Å². The number of amides is 1. The zero-order valence-corrected chi connectivity index (χ0v) is 15.6. The van der Waals surface area contributed by atoms with E-state index in [4.69, 9.17) is 9.15 Å². The topological polar surface area (TPSA) is 80.5 Å². The number of carbonyl (C=O) groups is 1. The van der Waals surface area contributed by atoms with Crippen molar-refractivity contribution in [3.05, 3.63) is 11.8 Å². The largest absolute Gasteiger partial charge is 0.423 e. The molecule has 0 aromatic carbocycles. The lowest BCUT2D eigenvalue weighted by molar-refractivity contribution is -0.141. The fourth-order valence-corrected chi connectivity index (χ4v) is 3.86. The fourth-order valence-electron chi connectivity index (χ4n) is 3.86. The van der Waals surface area contributed by atoms with Crippen LogP contribution in [0.2, 0.25) is 0 Å². The van der Waals surface area contributed by atoms with Crippen LogP contribution < -0.4 is 5.32 Å². The van der Waals surface area contributed by atoms with Gasteiger partial charge in [0.05, 0.1) is 13.2 Å². The summed E-state index contributed by atoms with van der Waals surface area (Å²) in [4.78, 5) is 15.6. The summed E-state index contributed by atoms with van der Waals surface area (Å²) in [7, 11) is 0. The molecule has 140 valence electrons. The average Bonchev–Trinajstić information content (AvgIpc) is 3.13. The van der Waals surface area contributed by atoms with Gasteiger partial charge in [-0.05, 0) is 19.8 Å². The third kappa shape index (κ3) is 3.87. The summed E-state index contributed by atoms with van der Waals surface area (Å²) in [5.41, 5.74) is -0.419. The van der Waals surface area contributed by atoms with E-state index in [0.717, 1.165) is 38.8 Å². The summed E-state index contributed by atoms with van der Waals surface area (Å²) < 4.78 is 11.2. The monoisotopic (exact) mass is 350 g/mol. The summed E-state index contributed by atoms with van der Waals surface area (Å²) >= 11 is 0. The quantitative estimate of drug-likeness (QED) is 0.878. The number of morpholine rings is 1. The van der Waals surface area contributed by atoms with Gasteiger partial charge in [-0.2, -0.15) is 0 Å². The maximum atomic E-state index is 13.3. The molecule has 1 saturated heterocycles. The predicted octanol–water partition coefficient (Wildman–Crippen LogP) is 2.41. The van der Waals surface area contributed by atoms with Crippen LogP contribution in [0, 0.1) is 0 Å². The molecule has 1 saturated carbocycles. The van der Waals surface area contributed by atoms with Gasteiger partial charge in [-0.15, -0.1) is 10.2 Å². The Labute approximate surface area is 149 Å². The van der Waals surface area contributed by atoms with Gasteiger partial charge in [-0.1, -0.05) is 33.1 Å². The SMILES string of the molecule is CC(C)c1nnc(C(C)NC(=O)C2(N3CCOCC3)CCCCC2)o1. The van der Waals surface area contributed by atoms with Gasteiger partial charge >= 0.3 is 0 Å². The first-order valence-electron chi connectivity index (χ1n) is 9.50. The lowest BCUT2D eigenvalue weighted by atomic mass is 9.79. The molecule has 1 aromatic rings. The minimum Gasteiger partial charge on any atom is -0.423 e. The van der Waals surface area contributed by atoms with Gasteiger partial charge in [0.1, 0.15) is 11.6 Å². The van der Waals surface area contributed by atoms with Gasteiger partial charge in [-0.25, -0.2) is 0 Å². The number of rotatable bonds is 5. The minimum atomic E-state index is -0.419. The van der Waals surface area contributed by atoms with Gasteiger partial charge < -0.3 is 14.5 Å². The Bertz CT molecular complexity index is 575. The van der Waals surface area contributed by atoms with E-state index >= 15 is 0 Å². The van der Waals surface area contributed by atoms with Crippen molar-refractivity contribution >= 4 is 5.91 Å². The molecule has 3 rings (SSSR count). The normalized spacial score (nSPS) is 22.7. The molecular formula is C18H30N4O3. The van der Waals surface area contributed by atoms with Gasteiger partial charge in [0.25, 0.3) is 0 Å². The molecule has 1 aromatic heterocycles. The zero-order valence-electron chi connectivity index (χ0n) is 15.6. The molecule has 2 heterocycles. The van der Waals surface area contributed by atoms with E-state index < -0.39 is 5.54 Å². The van der Waals surface area contributed by atoms with Crippen LogP contribution in [0.5, 0.6) is 0 Å². The van der Waals surface area contributed by atoms with Crippen LogP contribution in [-0.4, -0.2) is 52.8 Å². The van der Waals surface area contributed by atoms with E-state index in [9.17, 15) is 4.79 Å². The van der Waals surface area contributed by atoms with Crippen molar-refractivity contribution in [3.63, 3.8) is 0 Å². The molecule has 25 heavy (non-hydrogen) atoms. The Kier molecular flexibility index (Phi) is 5.74. The van der Waals surface area contributed by atoms with E-state index in [-0.39, 0.29) is 17.9 Å². The number of hydrogen-bond donors (Lipinski definition) is 1. The number of aromatic nitrogens is 2. The Morgan fingerprint density at radius 2 is 1.72 bits per heavy atom. The summed E-state index contributed by atoms with van der Waals surface area (Å²) in [6, 6.07) is -0.285. The van der Waals surface area contributed by atoms with E-state index in [0.29, 0.717) is 25.0 Å². The lowest BCUT2D eigenvalue weighted by Crippen LogP contribution is -2.62. The first kappa shape index (κ1) is 18.3. The first-order chi connectivity index (χ1) is 12.0. The van der Waals surface area contributed by atoms with Crippen LogP contribution in [0.25, 0.3) is 0 Å². The second-order valence-corrected chi connectivity index (χ2v) is 7.52. The third-order valence-electron chi connectivity index (χ3n) is 5.39. The zero-order chi connectivity index (χ0) is 17.9. The fraction of sp³-hybridized carbons (Fsp3) is 0.833. The van der Waals surface area contributed by atoms with E-state index in [1.54, 1.807) is 0 Å². The van der Waals surface area contributed by atoms with Gasteiger partial charge in [0.15, 0.2) is 0 Å². The van der Waals surface area contributed by atoms with Crippen LogP contribution >= 0.6 is 0 Å². The molecule has 1 amide bonds. The number of carbonyl (C=O) groups excluding carboxylic acids is 1. The molecule has 2 fully saturated rings. The molecule has 0 bridgehead atoms. The first-order valence-corrected chi connectivity index (χ1v) is 9.50. The smallest absolute Gasteiger partial charge is 0.241 e. The van der Waals surface area contributed by atoms with Crippen LogP contribution in [0.1, 0.15) is 76.6 Å². The highest BCUT2D eigenvalue weighted by atomic mass is 16.5. The molecule has 1 unspecified atom stereocenters. The number of nitrogens with zero attached hydrogens (tertiary/aromatic N) is 3. The molecule has 1 N–H and O–H groups in total. The predicted molar refractivity (Wildman–Crippen MR) is 93.2 cm³/mol. The van der Waals surface area contributed by atoms with Crippen molar-refractivity contribution in [3.8, 4) is 0 Å². The van der Waals surface area contributed by atoms with Crippen LogP contribution in [0.4, 0.5) is 0 Å². The maximum absolute atomic E-state index is 13.3. The van der Waals surface area contributed by atoms with Crippen molar-refractivity contribution in [1.29, 1.82) is 0 Å². The summed E-state index contributed by atoms with van der Waals surface area (Å²) in [6.07, 6.45) is 5.21. The summed E-state index contributed by atoms with van der Waals surface area (Å²) in [6.45, 7) is 8.97. The highest BCUT2D eigenvalue weighted by molar-refractivity contribution is 5.86. The van der Waals surface area contributed by atoms with Crippen molar-refractivity contribution in [2.45, 2.75) is 70.4 Å². The molecule has 0 spiro atoms. The Balaban J connectivity index is 1.73. The summed E-state index contributed by atoms with van der Waals surface area (Å²) in [5, 5.41) is 11.3. The van der Waals surface area contributed by atoms with Gasteiger partial charge in [-0.3, -0.25) is 9.69 Å². The van der Waals surface area contributed by atoms with Gasteiger partial charge in [0, 0.05) is 19.0 Å². The molecule has 1 atom stereocenters. The van der Waals surface area contributed by atoms with Crippen LogP contribution in [-0.2, 0) is 9.53 Å². The Morgan fingerprint density at radius 3 is 2.32 bits per heavy atom. The highest BCUT2D eigenvalue weighted by Crippen LogP contribution is 2.35. The minimum absolute atomic E-state index is 0.0888. The van der Waals surface area contributed by atoms with Crippen LogP contribution in [0.15, 0.2) is 4.42 Å². The van der Waals surface area contributed by atoms with Crippen LogP contribution in [0.3, 0.4) is 0 Å². The molecule has 7 nitrogen and oxygen atoms in total. The van der Waals surface area contributed by atoms with E-state index in [2.05, 4.69) is 20.4 Å². The molecular weight excluding hydrogens is 320 g/mol. The molecule has 7 heteroatoms. The van der Waals surface area contributed by atoms with Crippen molar-refractivity contribution < 1.29 is 13.9 Å². The second kappa shape index (κ2) is 7.83. The average molecular weight is 350 g/mol. The lowest BCUT2D eigenvalue weighted by Gasteiger charge is -2.46. The Morgan fingerprint density at radius 1 is 1.08 bits per heavy atom. The highest BCUT2D eigenvalue weighted by Gasteiger charge is 2.45. The molecule has 2 aliphatic rings. The van der Waals surface area contributed by atoms with Crippen molar-refractivity contribution in [1.82, 2.24) is 20.4 Å². The molecule has 0 radical (unpaired) electrons. The third-order valence-corrected chi connectivity index (χ3v) is 5.39. The number of nitrogens with one attached hydrogen (secondary N) is 1. The number of hydrogen-bond acceptors (Lipinski definition) is 6. The summed E-state index contributed by atoms with van der Waals surface area (Å²) in [5.74, 6) is 1.36. The van der Waals surface area contributed by atoms with E-state index in [1.807, 2.05) is 20.8 Å².